The molecule has 1 saturated heterocycles. The Bertz CT molecular complexity index is 1220. The first kappa shape index (κ1) is 20.1. The van der Waals surface area contributed by atoms with Crippen LogP contribution in [0.5, 0.6) is 0 Å². The Hall–Kier alpha value is -2.78. The minimum absolute atomic E-state index is 0.506. The summed E-state index contributed by atoms with van der Waals surface area (Å²) < 4.78 is 8.40. The maximum absolute atomic E-state index is 10.7. The molecule has 0 saturated carbocycles. The van der Waals surface area contributed by atoms with Crippen molar-refractivity contribution < 1.29 is 14.9 Å². The number of nitrogens with one attached hydrogen (secondary N) is 1. The first-order valence-corrected chi connectivity index (χ1v) is 10.8. The van der Waals surface area contributed by atoms with Crippen LogP contribution in [0.4, 0.5) is 11.5 Å². The molecule has 0 spiro atoms. The topological polar surface area (TPSA) is 92.4 Å². The van der Waals surface area contributed by atoms with Crippen molar-refractivity contribution >= 4 is 38.5 Å². The number of halogens is 1. The summed E-state index contributed by atoms with van der Waals surface area (Å²) in [6.45, 7) is 1.74. The van der Waals surface area contributed by atoms with Gasteiger partial charge in [0.25, 0.3) is 0 Å². The summed E-state index contributed by atoms with van der Waals surface area (Å²) in [7, 11) is 0. The maximum atomic E-state index is 10.7. The zero-order valence-electron chi connectivity index (χ0n) is 16.7. The predicted molar refractivity (Wildman–Crippen MR) is 122 cm³/mol. The van der Waals surface area contributed by atoms with Gasteiger partial charge >= 0.3 is 0 Å². The third-order valence-electron chi connectivity index (χ3n) is 5.55. The number of para-hydroxylation sites is 1. The van der Waals surface area contributed by atoms with Crippen LogP contribution in [0, 0.1) is 0 Å². The van der Waals surface area contributed by atoms with Gasteiger partial charge in [0.2, 0.25) is 0 Å². The maximum Gasteiger partial charge on any atom is 0.165 e. The number of anilines is 2. The number of rotatable bonds is 4. The van der Waals surface area contributed by atoms with Crippen molar-refractivity contribution in [1.29, 1.82) is 0 Å². The molecule has 1 fully saturated rings. The molecule has 158 valence electrons. The largest absolute Gasteiger partial charge is 0.388 e. The van der Waals surface area contributed by atoms with Crippen molar-refractivity contribution in [2.75, 3.05) is 5.32 Å². The number of fused-ring (bicyclic) bond motifs is 1. The molecule has 7 nitrogen and oxygen atoms in total. The van der Waals surface area contributed by atoms with E-state index in [4.69, 9.17) is 4.74 Å². The van der Waals surface area contributed by atoms with Crippen LogP contribution in [0.2, 0.25) is 0 Å². The van der Waals surface area contributed by atoms with E-state index in [1.54, 1.807) is 11.5 Å². The van der Waals surface area contributed by atoms with Gasteiger partial charge in [-0.1, -0.05) is 48.5 Å². The molecule has 8 heteroatoms. The molecular formula is C23H21BrN4O3. The average Bonchev–Trinajstić information content (AvgIpc) is 3.23. The van der Waals surface area contributed by atoms with Crippen LogP contribution in [0.3, 0.4) is 0 Å². The molecular weight excluding hydrogens is 460 g/mol. The minimum atomic E-state index is -1.09. The number of ether oxygens (including phenoxy) is 1. The molecule has 0 bridgehead atoms. The van der Waals surface area contributed by atoms with Crippen LogP contribution in [-0.2, 0) is 4.74 Å². The van der Waals surface area contributed by atoms with E-state index in [0.29, 0.717) is 16.1 Å². The lowest BCUT2D eigenvalue weighted by atomic mass is 10.1. The van der Waals surface area contributed by atoms with E-state index in [-0.39, 0.29) is 0 Å². The summed E-state index contributed by atoms with van der Waals surface area (Å²) in [6.07, 6.45) is -1.90. The van der Waals surface area contributed by atoms with Crippen LogP contribution < -0.4 is 5.32 Å². The summed E-state index contributed by atoms with van der Waals surface area (Å²) in [5.41, 5.74) is 3.32. The van der Waals surface area contributed by atoms with Gasteiger partial charge in [0.05, 0.1) is 16.1 Å². The first-order valence-electron chi connectivity index (χ1n) is 9.99. The fourth-order valence-corrected chi connectivity index (χ4v) is 4.80. The highest BCUT2D eigenvalue weighted by atomic mass is 79.9. The Labute approximate surface area is 187 Å². The second-order valence-electron chi connectivity index (χ2n) is 7.53. The summed E-state index contributed by atoms with van der Waals surface area (Å²) >= 11 is 3.72. The minimum Gasteiger partial charge on any atom is -0.388 e. The van der Waals surface area contributed by atoms with Crippen molar-refractivity contribution in [3.05, 3.63) is 71.6 Å². The van der Waals surface area contributed by atoms with Gasteiger partial charge in [0, 0.05) is 11.3 Å². The zero-order valence-corrected chi connectivity index (χ0v) is 18.3. The molecule has 3 heterocycles. The molecule has 0 aliphatic carbocycles. The normalized spacial score (nSPS) is 23.4. The molecule has 1 aliphatic heterocycles. The second kappa shape index (κ2) is 8.05. The summed E-state index contributed by atoms with van der Waals surface area (Å²) in [5.74, 6) is 0.635. The Morgan fingerprint density at radius 2 is 1.65 bits per heavy atom. The van der Waals surface area contributed by atoms with Gasteiger partial charge in [-0.25, -0.2) is 9.97 Å². The number of hydrogen-bond acceptors (Lipinski definition) is 6. The van der Waals surface area contributed by atoms with E-state index in [2.05, 4.69) is 31.2 Å². The molecule has 31 heavy (non-hydrogen) atoms. The Kier molecular flexibility index (Phi) is 5.23. The smallest absolute Gasteiger partial charge is 0.165 e. The van der Waals surface area contributed by atoms with Crippen molar-refractivity contribution in [3.63, 3.8) is 0 Å². The Morgan fingerprint density at radius 1 is 0.968 bits per heavy atom. The number of aliphatic hydroxyl groups excluding tert-OH is 2. The van der Waals surface area contributed by atoms with Crippen molar-refractivity contribution in [3.8, 4) is 11.1 Å². The molecule has 3 N–H and O–H groups in total. The van der Waals surface area contributed by atoms with Gasteiger partial charge < -0.3 is 20.3 Å². The van der Waals surface area contributed by atoms with Crippen LogP contribution >= 0.6 is 15.9 Å². The van der Waals surface area contributed by atoms with Crippen LogP contribution in [0.25, 0.3) is 22.2 Å². The number of benzene rings is 2. The quantitative estimate of drug-likeness (QED) is 0.404. The first-order chi connectivity index (χ1) is 15.1. The second-order valence-corrected chi connectivity index (χ2v) is 8.28. The van der Waals surface area contributed by atoms with Gasteiger partial charge in [0.1, 0.15) is 30.0 Å². The van der Waals surface area contributed by atoms with Crippen LogP contribution in [0.1, 0.15) is 13.2 Å². The van der Waals surface area contributed by atoms with Gasteiger partial charge in [-0.2, -0.15) is 0 Å². The van der Waals surface area contributed by atoms with Gasteiger partial charge in [0.15, 0.2) is 6.23 Å². The highest BCUT2D eigenvalue weighted by molar-refractivity contribution is 9.10. The lowest BCUT2D eigenvalue weighted by Gasteiger charge is -2.19. The van der Waals surface area contributed by atoms with E-state index in [9.17, 15) is 10.2 Å². The molecule has 4 aromatic rings. The van der Waals surface area contributed by atoms with Crippen LogP contribution in [-0.4, -0.2) is 43.1 Å². The standard InChI is InChI=1S/C23H21BrN4O3/c1-13-18(29)19(30)23(31-13)28-20(24)16(14-8-4-2-5-9-14)17-21(25-12-26-22(17)28)27-15-10-6-3-7-11-15/h2-13,18-19,23,29-30H,1H3,(H,25,26,27)/t13-,18-,19-,23-/m1/s1. The third-order valence-corrected chi connectivity index (χ3v) is 6.33. The van der Waals surface area contributed by atoms with E-state index in [1.807, 2.05) is 60.7 Å². The van der Waals surface area contributed by atoms with Gasteiger partial charge in [-0.05, 0) is 40.5 Å². The third kappa shape index (κ3) is 3.41. The molecule has 0 amide bonds. The Morgan fingerprint density at radius 3 is 2.29 bits per heavy atom. The summed E-state index contributed by atoms with van der Waals surface area (Å²) in [5, 5.41) is 25.1. The highest BCUT2D eigenvalue weighted by Gasteiger charge is 2.43. The number of aromatic nitrogens is 3. The van der Waals surface area contributed by atoms with Crippen molar-refractivity contribution in [2.45, 2.75) is 31.5 Å². The highest BCUT2D eigenvalue weighted by Crippen LogP contribution is 2.44. The number of aliphatic hydroxyl groups is 2. The number of nitrogens with zero attached hydrogens (tertiary/aromatic N) is 3. The van der Waals surface area contributed by atoms with Crippen molar-refractivity contribution in [2.24, 2.45) is 0 Å². The Balaban J connectivity index is 1.76. The molecule has 2 aromatic carbocycles. The fraction of sp³-hybridized carbons (Fsp3) is 0.217. The van der Waals surface area contributed by atoms with Gasteiger partial charge in [-0.3, -0.25) is 4.57 Å². The zero-order chi connectivity index (χ0) is 21.5. The van der Waals surface area contributed by atoms with E-state index < -0.39 is 24.5 Å². The van der Waals surface area contributed by atoms with Crippen molar-refractivity contribution in [1.82, 2.24) is 14.5 Å². The molecule has 2 aromatic heterocycles. The van der Waals surface area contributed by atoms with E-state index >= 15 is 0 Å². The summed E-state index contributed by atoms with van der Waals surface area (Å²) in [4.78, 5) is 9.04. The number of hydrogen-bond donors (Lipinski definition) is 3. The monoisotopic (exact) mass is 480 g/mol. The molecule has 5 rings (SSSR count). The molecule has 0 unspecified atom stereocenters. The van der Waals surface area contributed by atoms with E-state index in [0.717, 1.165) is 22.2 Å². The molecule has 4 atom stereocenters. The lowest BCUT2D eigenvalue weighted by molar-refractivity contribution is -0.0308. The van der Waals surface area contributed by atoms with Gasteiger partial charge in [-0.15, -0.1) is 0 Å². The molecule has 1 aliphatic rings. The summed E-state index contributed by atoms with van der Waals surface area (Å²) in [6, 6.07) is 19.7. The average molecular weight is 481 g/mol. The SMILES string of the molecule is C[C@H]1O[C@@H](n2c(Br)c(-c3ccccc3)c3c(Nc4ccccc4)ncnc32)[C@H](O)[C@@H]1O. The van der Waals surface area contributed by atoms with Crippen LogP contribution in [0.15, 0.2) is 71.6 Å². The molecule has 0 radical (unpaired) electrons. The fourth-order valence-electron chi connectivity index (χ4n) is 4.00. The van der Waals surface area contributed by atoms with E-state index in [1.165, 1.54) is 6.33 Å². The predicted octanol–water partition coefficient (Wildman–Crippen LogP) is 4.24. The lowest BCUT2D eigenvalue weighted by Crippen LogP contribution is -2.30.